The molecule has 4 nitrogen and oxygen atoms in total. The lowest BCUT2D eigenvalue weighted by atomic mass is 9.90. The van der Waals surface area contributed by atoms with Crippen LogP contribution in [0, 0.1) is 5.82 Å². The summed E-state index contributed by atoms with van der Waals surface area (Å²) in [5.74, 6) is -1.31. The Bertz CT molecular complexity index is 957. The molecule has 8 heteroatoms. The molecule has 4 rings (SSSR count). The van der Waals surface area contributed by atoms with Gasteiger partial charge in [0.05, 0.1) is 11.6 Å². The number of hydrogen-bond acceptors (Lipinski definition) is 2. The SMILES string of the molecule is O=C(c1cccc(C(F)(F)F)c1)N1CC(=O)N2CCc3c(F)cccc3C2C1. The van der Waals surface area contributed by atoms with E-state index < -0.39 is 23.7 Å². The van der Waals surface area contributed by atoms with E-state index >= 15 is 0 Å². The molecule has 0 radical (unpaired) electrons. The smallest absolute Gasteiger partial charge is 0.332 e. The molecule has 1 saturated heterocycles. The molecule has 2 heterocycles. The Balaban J connectivity index is 1.64. The number of halogens is 4. The van der Waals surface area contributed by atoms with Gasteiger partial charge in [-0.3, -0.25) is 9.59 Å². The second-order valence-corrected chi connectivity index (χ2v) is 6.92. The van der Waals surface area contributed by atoms with Crippen molar-refractivity contribution >= 4 is 11.8 Å². The first-order chi connectivity index (χ1) is 13.3. The molecule has 2 aliphatic rings. The van der Waals surface area contributed by atoms with Gasteiger partial charge >= 0.3 is 6.18 Å². The van der Waals surface area contributed by atoms with Gasteiger partial charge in [0.1, 0.15) is 12.4 Å². The Labute approximate surface area is 158 Å². The minimum atomic E-state index is -4.56. The van der Waals surface area contributed by atoms with Gasteiger partial charge in [0.15, 0.2) is 0 Å². The van der Waals surface area contributed by atoms with Gasteiger partial charge in [-0.1, -0.05) is 18.2 Å². The summed E-state index contributed by atoms with van der Waals surface area (Å²) in [6.45, 7) is 0.247. The van der Waals surface area contributed by atoms with Crippen molar-refractivity contribution in [3.8, 4) is 0 Å². The second-order valence-electron chi connectivity index (χ2n) is 6.92. The number of fused-ring (bicyclic) bond motifs is 3. The van der Waals surface area contributed by atoms with Gasteiger partial charge in [-0.25, -0.2) is 4.39 Å². The van der Waals surface area contributed by atoms with Gasteiger partial charge in [-0.2, -0.15) is 13.2 Å². The topological polar surface area (TPSA) is 40.6 Å². The quantitative estimate of drug-likeness (QED) is 0.698. The Morgan fingerprint density at radius 2 is 1.86 bits per heavy atom. The number of carbonyl (C=O) groups is 2. The third-order valence-electron chi connectivity index (χ3n) is 5.26. The van der Waals surface area contributed by atoms with Crippen molar-refractivity contribution in [2.45, 2.75) is 18.6 Å². The van der Waals surface area contributed by atoms with Gasteiger partial charge in [0.25, 0.3) is 5.91 Å². The molecule has 0 bridgehead atoms. The minimum Gasteiger partial charge on any atom is -0.332 e. The van der Waals surface area contributed by atoms with E-state index in [0.717, 1.165) is 12.1 Å². The predicted octanol–water partition coefficient (Wildman–Crippen LogP) is 3.43. The molecular formula is C20H16F4N2O2. The van der Waals surface area contributed by atoms with Gasteiger partial charge in [-0.05, 0) is 41.8 Å². The van der Waals surface area contributed by atoms with Crippen LogP contribution in [0.15, 0.2) is 42.5 Å². The highest BCUT2D eigenvalue weighted by molar-refractivity contribution is 5.97. The molecule has 2 aromatic rings. The van der Waals surface area contributed by atoms with Crippen molar-refractivity contribution < 1.29 is 27.2 Å². The Kier molecular flexibility index (Phi) is 4.36. The van der Waals surface area contributed by atoms with Gasteiger partial charge in [0.2, 0.25) is 5.91 Å². The van der Waals surface area contributed by atoms with Crippen LogP contribution in [0.1, 0.15) is 33.1 Å². The first-order valence-electron chi connectivity index (χ1n) is 8.79. The van der Waals surface area contributed by atoms with E-state index in [1.807, 2.05) is 0 Å². The molecule has 2 aliphatic heterocycles. The van der Waals surface area contributed by atoms with Crippen molar-refractivity contribution in [3.63, 3.8) is 0 Å². The molecule has 0 aromatic heterocycles. The third-order valence-corrected chi connectivity index (χ3v) is 5.26. The molecule has 2 aromatic carbocycles. The standard InChI is InChI=1S/C20H16F4N2O2/c21-16-6-2-5-15-14(16)7-8-26-17(15)10-25(11-18(26)27)19(28)12-3-1-4-13(9-12)20(22,23)24/h1-6,9,17H,7-8,10-11H2. The number of nitrogens with zero attached hydrogens (tertiary/aromatic N) is 2. The summed E-state index contributed by atoms with van der Waals surface area (Å²) >= 11 is 0. The molecule has 146 valence electrons. The highest BCUT2D eigenvalue weighted by atomic mass is 19.4. The van der Waals surface area contributed by atoms with Crippen molar-refractivity contribution in [2.75, 3.05) is 19.6 Å². The fraction of sp³-hybridized carbons (Fsp3) is 0.300. The zero-order valence-electron chi connectivity index (χ0n) is 14.7. The minimum absolute atomic E-state index is 0.108. The summed E-state index contributed by atoms with van der Waals surface area (Å²) in [6.07, 6.45) is -4.17. The van der Waals surface area contributed by atoms with Crippen LogP contribution < -0.4 is 0 Å². The lowest BCUT2D eigenvalue weighted by molar-refractivity contribution is -0.139. The van der Waals surface area contributed by atoms with Crippen LogP contribution >= 0.6 is 0 Å². The molecule has 2 amide bonds. The van der Waals surface area contributed by atoms with E-state index in [0.29, 0.717) is 24.1 Å². The van der Waals surface area contributed by atoms with Crippen LogP contribution in [-0.2, 0) is 17.4 Å². The molecule has 28 heavy (non-hydrogen) atoms. The first-order valence-corrected chi connectivity index (χ1v) is 8.79. The monoisotopic (exact) mass is 392 g/mol. The Morgan fingerprint density at radius 3 is 2.61 bits per heavy atom. The number of alkyl halides is 3. The normalized spacial score (nSPS) is 19.3. The van der Waals surface area contributed by atoms with Gasteiger partial charge < -0.3 is 9.80 Å². The average molecular weight is 392 g/mol. The maximum absolute atomic E-state index is 14.1. The maximum Gasteiger partial charge on any atom is 0.416 e. The lowest BCUT2D eigenvalue weighted by Crippen LogP contribution is -2.55. The van der Waals surface area contributed by atoms with E-state index in [9.17, 15) is 27.2 Å². The summed E-state index contributed by atoms with van der Waals surface area (Å²) in [4.78, 5) is 28.2. The highest BCUT2D eigenvalue weighted by Crippen LogP contribution is 2.35. The molecule has 0 aliphatic carbocycles. The number of rotatable bonds is 1. The largest absolute Gasteiger partial charge is 0.416 e. The molecule has 0 saturated carbocycles. The molecule has 0 spiro atoms. The summed E-state index contributed by atoms with van der Waals surface area (Å²) in [5, 5.41) is 0. The van der Waals surface area contributed by atoms with Crippen LogP contribution in [0.3, 0.4) is 0 Å². The highest BCUT2D eigenvalue weighted by Gasteiger charge is 2.40. The molecule has 1 unspecified atom stereocenters. The van der Waals surface area contributed by atoms with Crippen molar-refractivity contribution in [3.05, 3.63) is 70.5 Å². The molecule has 1 atom stereocenters. The third kappa shape index (κ3) is 3.12. The summed E-state index contributed by atoms with van der Waals surface area (Å²) in [7, 11) is 0. The fourth-order valence-corrected chi connectivity index (χ4v) is 3.90. The summed E-state index contributed by atoms with van der Waals surface area (Å²) in [6, 6.07) is 8.26. The van der Waals surface area contributed by atoms with Crippen LogP contribution in [0.2, 0.25) is 0 Å². The van der Waals surface area contributed by atoms with E-state index in [2.05, 4.69) is 0 Å². The molecular weight excluding hydrogens is 376 g/mol. The van der Waals surface area contributed by atoms with E-state index in [-0.39, 0.29) is 30.4 Å². The molecule has 0 N–H and O–H groups in total. The van der Waals surface area contributed by atoms with E-state index in [4.69, 9.17) is 0 Å². The summed E-state index contributed by atoms with van der Waals surface area (Å²) < 4.78 is 52.9. The lowest BCUT2D eigenvalue weighted by Gasteiger charge is -2.44. The van der Waals surface area contributed by atoms with Crippen molar-refractivity contribution in [2.24, 2.45) is 0 Å². The average Bonchev–Trinajstić information content (AvgIpc) is 2.67. The number of amides is 2. The fourth-order valence-electron chi connectivity index (χ4n) is 3.90. The Morgan fingerprint density at radius 1 is 1.11 bits per heavy atom. The number of piperazine rings is 1. The van der Waals surface area contributed by atoms with Gasteiger partial charge in [-0.15, -0.1) is 0 Å². The number of hydrogen-bond donors (Lipinski definition) is 0. The second kappa shape index (κ2) is 6.61. The maximum atomic E-state index is 14.1. The zero-order valence-corrected chi connectivity index (χ0v) is 14.7. The van der Waals surface area contributed by atoms with Crippen LogP contribution in [0.4, 0.5) is 17.6 Å². The van der Waals surface area contributed by atoms with Crippen LogP contribution in [0.5, 0.6) is 0 Å². The van der Waals surface area contributed by atoms with Crippen molar-refractivity contribution in [1.82, 2.24) is 9.80 Å². The van der Waals surface area contributed by atoms with Crippen LogP contribution in [0.25, 0.3) is 0 Å². The van der Waals surface area contributed by atoms with E-state index in [1.54, 1.807) is 17.0 Å². The number of carbonyl (C=O) groups excluding carboxylic acids is 2. The first kappa shape index (κ1) is 18.5. The van der Waals surface area contributed by atoms with E-state index in [1.165, 1.54) is 23.1 Å². The van der Waals surface area contributed by atoms with Crippen molar-refractivity contribution in [1.29, 1.82) is 0 Å². The number of benzene rings is 2. The Hall–Kier alpha value is -2.90. The summed E-state index contributed by atoms with van der Waals surface area (Å²) in [5.41, 5.74) is 0.103. The van der Waals surface area contributed by atoms with Crippen LogP contribution in [-0.4, -0.2) is 41.2 Å². The van der Waals surface area contributed by atoms with Gasteiger partial charge in [0, 0.05) is 18.7 Å². The predicted molar refractivity (Wildman–Crippen MR) is 91.9 cm³/mol. The molecule has 1 fully saturated rings. The zero-order chi connectivity index (χ0) is 20.1.